The van der Waals surface area contributed by atoms with E-state index >= 15 is 0 Å². The lowest BCUT2D eigenvalue weighted by Gasteiger charge is -2.40. The number of nitrogens with one attached hydrogen (secondary N) is 1. The number of hydrogen-bond acceptors (Lipinski definition) is 3. The van der Waals surface area contributed by atoms with Gasteiger partial charge in [-0.25, -0.2) is 14.2 Å². The fraction of sp³-hybridized carbons (Fsp3) is 0.304. The number of aryl methyl sites for hydroxylation is 1. The lowest BCUT2D eigenvalue weighted by molar-refractivity contribution is 0.243. The van der Waals surface area contributed by atoms with E-state index < -0.39 is 6.04 Å². The standard InChI is InChI=1S/C23H24FN5O/c1-27-14-12-25-22(27)21(16-8-10-17(24)11-9-16)26-23(30)29-15-18-5-4-13-28(18)19-6-2-3-7-20(19)29/h2-3,6-12,14,18,21H,4-5,13,15H2,1H3,(H,26,30). The predicted molar refractivity (Wildman–Crippen MR) is 114 cm³/mol. The highest BCUT2D eigenvalue weighted by molar-refractivity contribution is 5.97. The van der Waals surface area contributed by atoms with Crippen LogP contribution in [0.1, 0.15) is 30.3 Å². The molecule has 1 aromatic heterocycles. The van der Waals surface area contributed by atoms with Crippen LogP contribution in [0.3, 0.4) is 0 Å². The number of halogens is 1. The average Bonchev–Trinajstić information content (AvgIpc) is 3.41. The second kappa shape index (κ2) is 7.48. The molecule has 0 radical (unpaired) electrons. The minimum Gasteiger partial charge on any atom is -0.365 e. The molecule has 2 unspecified atom stereocenters. The van der Waals surface area contributed by atoms with Crippen molar-refractivity contribution < 1.29 is 9.18 Å². The smallest absolute Gasteiger partial charge is 0.322 e. The van der Waals surface area contributed by atoms with Crippen LogP contribution in [0.5, 0.6) is 0 Å². The molecule has 0 saturated carbocycles. The van der Waals surface area contributed by atoms with Gasteiger partial charge in [0.15, 0.2) is 0 Å². The number of imidazole rings is 1. The number of anilines is 2. The van der Waals surface area contributed by atoms with Crippen LogP contribution in [0.15, 0.2) is 60.9 Å². The Bertz CT molecular complexity index is 1060. The van der Waals surface area contributed by atoms with Gasteiger partial charge in [0.2, 0.25) is 0 Å². The highest BCUT2D eigenvalue weighted by Crippen LogP contribution is 2.39. The summed E-state index contributed by atoms with van der Waals surface area (Å²) in [6.07, 6.45) is 5.76. The van der Waals surface area contributed by atoms with E-state index in [0.29, 0.717) is 18.4 Å². The van der Waals surface area contributed by atoms with Crippen molar-refractivity contribution in [3.05, 3.63) is 78.1 Å². The second-order valence-corrected chi connectivity index (χ2v) is 7.92. The van der Waals surface area contributed by atoms with E-state index in [2.05, 4.69) is 21.3 Å². The topological polar surface area (TPSA) is 53.4 Å². The molecule has 2 amide bonds. The molecule has 1 saturated heterocycles. The molecule has 154 valence electrons. The van der Waals surface area contributed by atoms with Gasteiger partial charge in [0.25, 0.3) is 0 Å². The van der Waals surface area contributed by atoms with Gasteiger partial charge < -0.3 is 14.8 Å². The Hall–Kier alpha value is -3.35. The summed E-state index contributed by atoms with van der Waals surface area (Å²) in [5.74, 6) is 0.387. The van der Waals surface area contributed by atoms with Crippen LogP contribution in [-0.2, 0) is 7.05 Å². The zero-order valence-corrected chi connectivity index (χ0v) is 16.8. The van der Waals surface area contributed by atoms with Gasteiger partial charge in [-0.1, -0.05) is 24.3 Å². The van der Waals surface area contributed by atoms with Crippen LogP contribution >= 0.6 is 0 Å². The van der Waals surface area contributed by atoms with Gasteiger partial charge in [-0.2, -0.15) is 0 Å². The monoisotopic (exact) mass is 405 g/mol. The predicted octanol–water partition coefficient (Wildman–Crippen LogP) is 3.85. The third-order valence-electron chi connectivity index (χ3n) is 6.09. The van der Waals surface area contributed by atoms with Crippen molar-refractivity contribution in [2.45, 2.75) is 24.9 Å². The Morgan fingerprint density at radius 2 is 1.93 bits per heavy atom. The Morgan fingerprint density at radius 1 is 1.17 bits per heavy atom. The summed E-state index contributed by atoms with van der Waals surface area (Å²) in [6, 6.07) is 13.9. The number of para-hydroxylation sites is 2. The van der Waals surface area contributed by atoms with E-state index in [1.54, 1.807) is 18.3 Å². The van der Waals surface area contributed by atoms with Gasteiger partial charge in [-0.3, -0.25) is 4.90 Å². The number of benzene rings is 2. The van der Waals surface area contributed by atoms with E-state index in [-0.39, 0.29) is 11.8 Å². The summed E-state index contributed by atoms with van der Waals surface area (Å²) in [6.45, 7) is 1.68. The molecule has 2 aliphatic rings. The molecule has 3 aromatic rings. The van der Waals surface area contributed by atoms with Crippen LogP contribution in [0.4, 0.5) is 20.6 Å². The van der Waals surface area contributed by atoms with E-state index in [4.69, 9.17) is 0 Å². The van der Waals surface area contributed by atoms with Gasteiger partial charge >= 0.3 is 6.03 Å². The van der Waals surface area contributed by atoms with Crippen LogP contribution in [-0.4, -0.2) is 34.7 Å². The maximum atomic E-state index is 13.5. The number of urea groups is 1. The summed E-state index contributed by atoms with van der Waals surface area (Å²) in [5.41, 5.74) is 2.81. The molecule has 3 heterocycles. The van der Waals surface area contributed by atoms with Crippen molar-refractivity contribution >= 4 is 17.4 Å². The van der Waals surface area contributed by atoms with Crippen molar-refractivity contribution in [1.82, 2.24) is 14.9 Å². The van der Waals surface area contributed by atoms with Gasteiger partial charge in [0.1, 0.15) is 17.7 Å². The zero-order valence-electron chi connectivity index (χ0n) is 16.8. The Morgan fingerprint density at radius 3 is 2.67 bits per heavy atom. The highest BCUT2D eigenvalue weighted by atomic mass is 19.1. The average molecular weight is 405 g/mol. The van der Waals surface area contributed by atoms with Gasteiger partial charge in [0, 0.05) is 38.6 Å². The number of hydrogen-bond donors (Lipinski definition) is 1. The third-order valence-corrected chi connectivity index (χ3v) is 6.09. The SMILES string of the molecule is Cn1ccnc1C(NC(=O)N1CC2CCCN2c2ccccc21)c1ccc(F)cc1. The number of rotatable bonds is 3. The fourth-order valence-electron chi connectivity index (χ4n) is 4.59. The van der Waals surface area contributed by atoms with Crippen molar-refractivity contribution in [1.29, 1.82) is 0 Å². The molecule has 7 heteroatoms. The maximum Gasteiger partial charge on any atom is 0.322 e. The first-order chi connectivity index (χ1) is 14.6. The summed E-state index contributed by atoms with van der Waals surface area (Å²) < 4.78 is 15.4. The highest BCUT2D eigenvalue weighted by Gasteiger charge is 2.37. The molecule has 6 nitrogen and oxygen atoms in total. The maximum absolute atomic E-state index is 13.5. The molecule has 2 aliphatic heterocycles. The second-order valence-electron chi connectivity index (χ2n) is 7.92. The van der Waals surface area contributed by atoms with Crippen LogP contribution < -0.4 is 15.1 Å². The largest absolute Gasteiger partial charge is 0.365 e. The fourth-order valence-corrected chi connectivity index (χ4v) is 4.59. The lowest BCUT2D eigenvalue weighted by atomic mass is 10.1. The van der Waals surface area contributed by atoms with Crippen LogP contribution in [0.25, 0.3) is 0 Å². The number of carbonyl (C=O) groups is 1. The van der Waals surface area contributed by atoms with Gasteiger partial charge in [0.05, 0.1) is 11.4 Å². The van der Waals surface area contributed by atoms with E-state index in [1.165, 1.54) is 12.1 Å². The number of nitrogens with zero attached hydrogens (tertiary/aromatic N) is 4. The van der Waals surface area contributed by atoms with Crippen molar-refractivity contribution in [2.24, 2.45) is 7.05 Å². The summed E-state index contributed by atoms with van der Waals surface area (Å²) >= 11 is 0. The molecule has 0 bridgehead atoms. The van der Waals surface area contributed by atoms with E-state index in [9.17, 15) is 9.18 Å². The molecule has 2 atom stereocenters. The van der Waals surface area contributed by atoms with Gasteiger partial charge in [-0.05, 0) is 42.7 Å². The number of fused-ring (bicyclic) bond motifs is 3. The summed E-state index contributed by atoms with van der Waals surface area (Å²) in [5, 5.41) is 3.15. The minimum atomic E-state index is -0.480. The zero-order chi connectivity index (χ0) is 20.7. The molecular formula is C23H24FN5O. The molecule has 0 spiro atoms. The first kappa shape index (κ1) is 18.7. The van der Waals surface area contributed by atoms with Crippen molar-refractivity contribution in [3.63, 3.8) is 0 Å². The molecule has 2 aromatic carbocycles. The van der Waals surface area contributed by atoms with E-state index in [0.717, 1.165) is 36.3 Å². The van der Waals surface area contributed by atoms with Crippen LogP contribution in [0, 0.1) is 5.82 Å². The molecule has 1 N–H and O–H groups in total. The first-order valence-corrected chi connectivity index (χ1v) is 10.3. The Balaban J connectivity index is 1.48. The Labute approximate surface area is 174 Å². The first-order valence-electron chi connectivity index (χ1n) is 10.3. The van der Waals surface area contributed by atoms with Gasteiger partial charge in [-0.15, -0.1) is 0 Å². The van der Waals surface area contributed by atoms with Crippen LogP contribution in [0.2, 0.25) is 0 Å². The van der Waals surface area contributed by atoms with Crippen molar-refractivity contribution in [3.8, 4) is 0 Å². The third kappa shape index (κ3) is 3.20. The molecule has 0 aliphatic carbocycles. The quantitative estimate of drug-likeness (QED) is 0.720. The minimum absolute atomic E-state index is 0.175. The summed E-state index contributed by atoms with van der Waals surface area (Å²) in [7, 11) is 1.89. The molecule has 5 rings (SSSR count). The number of carbonyl (C=O) groups excluding carboxylic acids is 1. The number of amides is 2. The lowest BCUT2D eigenvalue weighted by Crippen LogP contribution is -2.52. The normalized spacial score (nSPS) is 18.7. The Kier molecular flexibility index (Phi) is 4.65. The number of aromatic nitrogens is 2. The molecule has 30 heavy (non-hydrogen) atoms. The van der Waals surface area contributed by atoms with Crippen molar-refractivity contribution in [2.75, 3.05) is 22.9 Å². The summed E-state index contributed by atoms with van der Waals surface area (Å²) in [4.78, 5) is 22.2. The van der Waals surface area contributed by atoms with E-state index in [1.807, 2.05) is 40.9 Å². The molecular weight excluding hydrogens is 381 g/mol. The molecule has 1 fully saturated rings.